The van der Waals surface area contributed by atoms with Crippen molar-refractivity contribution >= 4 is 34.6 Å². The third kappa shape index (κ3) is 4.98. The monoisotopic (exact) mass is 579 g/mol. The number of amides is 1. The Balaban J connectivity index is 1.65. The third-order valence-corrected chi connectivity index (χ3v) is 7.90. The van der Waals surface area contributed by atoms with E-state index in [1.165, 1.54) is 11.9 Å². The van der Waals surface area contributed by atoms with Gasteiger partial charge in [-0.25, -0.2) is 19.5 Å². The molecule has 1 aromatic carbocycles. The number of fused-ring (bicyclic) bond motifs is 1. The van der Waals surface area contributed by atoms with Crippen molar-refractivity contribution in [3.05, 3.63) is 62.3 Å². The summed E-state index contributed by atoms with van der Waals surface area (Å²) in [5.74, 6) is 0.221. The van der Waals surface area contributed by atoms with Crippen molar-refractivity contribution in [2.45, 2.75) is 51.7 Å². The van der Waals surface area contributed by atoms with Crippen LogP contribution in [0.5, 0.6) is 11.6 Å². The fourth-order valence-corrected chi connectivity index (χ4v) is 5.70. The fraction of sp³-hybridized carbons (Fsp3) is 0.429. The molecule has 42 heavy (non-hydrogen) atoms. The van der Waals surface area contributed by atoms with E-state index < -0.39 is 17.0 Å². The van der Waals surface area contributed by atoms with Crippen LogP contribution in [0.2, 0.25) is 0 Å². The number of hydrogen-bond acceptors (Lipinski definition) is 9. The van der Waals surface area contributed by atoms with Crippen molar-refractivity contribution in [3.8, 4) is 11.6 Å². The number of methoxy groups -OCH3 is 2. The second-order valence-corrected chi connectivity index (χ2v) is 10.4. The van der Waals surface area contributed by atoms with E-state index in [0.29, 0.717) is 33.7 Å². The van der Waals surface area contributed by atoms with Crippen LogP contribution in [0.25, 0.3) is 11.0 Å². The Morgan fingerprint density at radius 3 is 2.40 bits per heavy atom. The van der Waals surface area contributed by atoms with Crippen molar-refractivity contribution in [1.82, 2.24) is 23.7 Å². The lowest BCUT2D eigenvalue weighted by Gasteiger charge is -2.28. The first kappa shape index (κ1) is 28.8. The number of imidazole rings is 2. The molecule has 3 aromatic heterocycles. The van der Waals surface area contributed by atoms with E-state index in [-0.39, 0.29) is 29.5 Å². The minimum Gasteiger partial charge on any atom is -0.497 e. The molecule has 0 saturated heterocycles. The van der Waals surface area contributed by atoms with Crippen LogP contribution in [0.4, 0.5) is 22.2 Å². The van der Waals surface area contributed by atoms with Crippen molar-refractivity contribution < 1.29 is 23.9 Å². The van der Waals surface area contributed by atoms with Gasteiger partial charge in [-0.3, -0.25) is 9.13 Å². The van der Waals surface area contributed by atoms with Gasteiger partial charge in [0.2, 0.25) is 0 Å². The quantitative estimate of drug-likeness (QED) is 0.228. The average molecular weight is 580 g/mol. The molecule has 1 aliphatic rings. The van der Waals surface area contributed by atoms with Gasteiger partial charge < -0.3 is 24.3 Å². The molecule has 0 radical (unpaired) electrons. The predicted molar refractivity (Wildman–Crippen MR) is 154 cm³/mol. The molecule has 1 fully saturated rings. The highest BCUT2D eigenvalue weighted by Crippen LogP contribution is 2.36. The average Bonchev–Trinajstić information content (AvgIpc) is 3.45. The standard InChI is InChI=1S/C28H33N7O7/c1-16-13-20(41-6)11-12-21(16)34(28(37)42-24-15-29-26(31(24)3)35(38)39)23-14-22-25(17(2)30-23)32(4)27(36)33(22)18-7-9-19(40-5)10-8-18/h11-15,18-19H,7-10H2,1-6H3. The highest BCUT2D eigenvalue weighted by atomic mass is 16.6. The van der Waals surface area contributed by atoms with Gasteiger partial charge in [-0.2, -0.15) is 4.57 Å². The summed E-state index contributed by atoms with van der Waals surface area (Å²) in [7, 11) is 6.34. The zero-order valence-electron chi connectivity index (χ0n) is 24.4. The zero-order valence-corrected chi connectivity index (χ0v) is 24.4. The Labute approximate surface area is 241 Å². The number of nitro groups is 1. The van der Waals surface area contributed by atoms with Gasteiger partial charge >= 0.3 is 23.6 Å². The van der Waals surface area contributed by atoms with Crippen LogP contribution in [-0.2, 0) is 18.8 Å². The van der Waals surface area contributed by atoms with Crippen molar-refractivity contribution in [2.75, 3.05) is 19.1 Å². The molecule has 0 aliphatic heterocycles. The summed E-state index contributed by atoms with van der Waals surface area (Å²) < 4.78 is 21.0. The maximum absolute atomic E-state index is 13.9. The first-order chi connectivity index (χ1) is 20.0. The lowest BCUT2D eigenvalue weighted by Crippen LogP contribution is -2.31. The van der Waals surface area contributed by atoms with Gasteiger partial charge in [-0.1, -0.05) is 4.98 Å². The van der Waals surface area contributed by atoms with Crippen molar-refractivity contribution in [3.63, 3.8) is 0 Å². The number of carbonyl (C=O) groups excluding carboxylic acids is 1. The minimum atomic E-state index is -0.863. The van der Waals surface area contributed by atoms with E-state index in [0.717, 1.165) is 36.4 Å². The lowest BCUT2D eigenvalue weighted by molar-refractivity contribution is -0.396. The van der Waals surface area contributed by atoms with Crippen LogP contribution in [0.1, 0.15) is 43.0 Å². The molecule has 0 unspecified atom stereocenters. The minimum absolute atomic E-state index is 0.0413. The van der Waals surface area contributed by atoms with E-state index in [4.69, 9.17) is 19.2 Å². The maximum Gasteiger partial charge on any atom is 0.437 e. The van der Waals surface area contributed by atoms with E-state index >= 15 is 0 Å². The molecular weight excluding hydrogens is 546 g/mol. The van der Waals surface area contributed by atoms with Gasteiger partial charge in [-0.15, -0.1) is 0 Å². The van der Waals surface area contributed by atoms with Gasteiger partial charge in [0.15, 0.2) is 6.20 Å². The number of carbonyl (C=O) groups is 1. The number of aromatic nitrogens is 5. The summed E-state index contributed by atoms with van der Waals surface area (Å²) in [6.07, 6.45) is 3.63. The molecular formula is C28H33N7O7. The molecule has 0 bridgehead atoms. The second-order valence-electron chi connectivity index (χ2n) is 10.4. The van der Waals surface area contributed by atoms with Gasteiger partial charge in [0.1, 0.15) is 11.6 Å². The van der Waals surface area contributed by atoms with Crippen molar-refractivity contribution in [2.24, 2.45) is 14.1 Å². The summed E-state index contributed by atoms with van der Waals surface area (Å²) in [6, 6.07) is 6.84. The number of anilines is 2. The molecule has 222 valence electrons. The molecule has 1 aliphatic carbocycles. The van der Waals surface area contributed by atoms with Gasteiger partial charge in [0.25, 0.3) is 0 Å². The Bertz CT molecular complexity index is 1730. The molecule has 14 nitrogen and oxygen atoms in total. The van der Waals surface area contributed by atoms with Crippen LogP contribution < -0.4 is 20.1 Å². The topological polar surface area (TPSA) is 149 Å². The van der Waals surface area contributed by atoms with Gasteiger partial charge in [0, 0.05) is 26.3 Å². The largest absolute Gasteiger partial charge is 0.497 e. The summed E-state index contributed by atoms with van der Waals surface area (Å²) in [6.45, 7) is 3.59. The highest BCUT2D eigenvalue weighted by Gasteiger charge is 2.31. The van der Waals surface area contributed by atoms with E-state index in [1.54, 1.807) is 61.6 Å². The molecule has 3 heterocycles. The third-order valence-electron chi connectivity index (χ3n) is 7.90. The van der Waals surface area contributed by atoms with Crippen LogP contribution in [0.3, 0.4) is 0 Å². The summed E-state index contributed by atoms with van der Waals surface area (Å²) >= 11 is 0. The molecule has 1 saturated carbocycles. The Morgan fingerprint density at radius 1 is 1.10 bits per heavy atom. The molecule has 0 spiro atoms. The Kier molecular flexibility index (Phi) is 7.73. The summed E-state index contributed by atoms with van der Waals surface area (Å²) in [4.78, 5) is 47.8. The number of aryl methyl sites for hydroxylation is 3. The summed E-state index contributed by atoms with van der Waals surface area (Å²) in [5.41, 5.74) is 2.83. The SMILES string of the molecule is COc1ccc(N(C(=O)Oc2cnc([N+](=O)[O-])n2C)c2cc3c(c(C)n2)n(C)c(=O)n3C2CCC(OC)CC2)c(C)c1. The van der Waals surface area contributed by atoms with Gasteiger partial charge in [-0.05, 0) is 68.2 Å². The predicted octanol–water partition coefficient (Wildman–Crippen LogP) is 4.47. The number of nitrogens with zero attached hydrogens (tertiary/aromatic N) is 7. The molecule has 4 aromatic rings. The molecule has 0 atom stereocenters. The maximum atomic E-state index is 13.9. The Hall–Kier alpha value is -4.72. The van der Waals surface area contributed by atoms with E-state index in [9.17, 15) is 19.7 Å². The van der Waals surface area contributed by atoms with E-state index in [1.807, 2.05) is 6.92 Å². The van der Waals surface area contributed by atoms with E-state index in [2.05, 4.69) is 4.98 Å². The van der Waals surface area contributed by atoms with Gasteiger partial charge in [0.05, 0.1) is 42.7 Å². The number of hydrogen-bond donors (Lipinski definition) is 0. The number of pyridine rings is 1. The van der Waals surface area contributed by atoms with Crippen LogP contribution >= 0.6 is 0 Å². The first-order valence-electron chi connectivity index (χ1n) is 13.5. The zero-order chi connectivity index (χ0) is 30.3. The Morgan fingerprint density at radius 2 is 1.81 bits per heavy atom. The van der Waals surface area contributed by atoms with Crippen LogP contribution in [-0.4, -0.2) is 55.0 Å². The number of ether oxygens (including phenoxy) is 3. The molecule has 5 rings (SSSR count). The molecule has 14 heteroatoms. The second kappa shape index (κ2) is 11.3. The smallest absolute Gasteiger partial charge is 0.437 e. The van der Waals surface area contributed by atoms with Crippen LogP contribution in [0.15, 0.2) is 35.3 Å². The fourth-order valence-electron chi connectivity index (χ4n) is 5.70. The first-order valence-corrected chi connectivity index (χ1v) is 13.5. The normalized spacial score (nSPS) is 16.9. The number of benzene rings is 1. The molecule has 1 amide bonds. The lowest BCUT2D eigenvalue weighted by atomic mass is 9.92. The summed E-state index contributed by atoms with van der Waals surface area (Å²) in [5, 5.41) is 11.3. The van der Waals surface area contributed by atoms with Crippen LogP contribution in [0, 0.1) is 24.0 Å². The number of rotatable bonds is 7. The molecule has 0 N–H and O–H groups in total. The van der Waals surface area contributed by atoms with Crippen molar-refractivity contribution in [1.29, 1.82) is 0 Å². The highest BCUT2D eigenvalue weighted by molar-refractivity contribution is 5.98.